The van der Waals surface area contributed by atoms with Gasteiger partial charge in [0.2, 0.25) is 0 Å². The first kappa shape index (κ1) is 12.9. The lowest BCUT2D eigenvalue weighted by molar-refractivity contribution is 0.0181. The summed E-state index contributed by atoms with van der Waals surface area (Å²) in [7, 11) is 0. The van der Waals surface area contributed by atoms with Crippen molar-refractivity contribution >= 4 is 0 Å². The summed E-state index contributed by atoms with van der Waals surface area (Å²) in [5.41, 5.74) is 6.49. The lowest BCUT2D eigenvalue weighted by Crippen LogP contribution is -2.50. The molecule has 1 saturated carbocycles. The topological polar surface area (TPSA) is 41.7 Å². The summed E-state index contributed by atoms with van der Waals surface area (Å²) >= 11 is 0. The number of likely N-dealkylation sites (tertiary alicyclic amines) is 1. The quantitative estimate of drug-likeness (QED) is 0.793. The molecule has 0 aromatic heterocycles. The van der Waals surface area contributed by atoms with Crippen LogP contribution in [0.25, 0.3) is 0 Å². The van der Waals surface area contributed by atoms with Gasteiger partial charge in [-0.05, 0) is 38.6 Å². The maximum Gasteiger partial charge on any atom is 0.0594 e. The molecule has 2 aliphatic heterocycles. The van der Waals surface area contributed by atoms with Gasteiger partial charge >= 0.3 is 0 Å². The monoisotopic (exact) mass is 253 g/mol. The number of ether oxygens (including phenoxy) is 1. The van der Waals surface area contributed by atoms with E-state index < -0.39 is 0 Å². The fourth-order valence-corrected chi connectivity index (χ4v) is 3.55. The smallest absolute Gasteiger partial charge is 0.0594 e. The minimum absolute atomic E-state index is 0.0416. The van der Waals surface area contributed by atoms with Gasteiger partial charge in [-0.25, -0.2) is 0 Å². The molecule has 2 unspecified atom stereocenters. The summed E-state index contributed by atoms with van der Waals surface area (Å²) in [6.07, 6.45) is 3.99. The Morgan fingerprint density at radius 1 is 1.17 bits per heavy atom. The van der Waals surface area contributed by atoms with E-state index in [1.807, 2.05) is 0 Å². The fraction of sp³-hybridized carbons (Fsp3) is 1.00. The molecule has 0 amide bonds. The molecule has 4 nitrogen and oxygen atoms in total. The predicted octanol–water partition coefficient (Wildman–Crippen LogP) is 0.520. The van der Waals surface area contributed by atoms with E-state index in [0.717, 1.165) is 44.8 Å². The highest BCUT2D eigenvalue weighted by Crippen LogP contribution is 2.38. The van der Waals surface area contributed by atoms with Crippen molar-refractivity contribution in [3.8, 4) is 0 Å². The summed E-state index contributed by atoms with van der Waals surface area (Å²) in [5, 5.41) is 0. The summed E-state index contributed by atoms with van der Waals surface area (Å²) in [5.74, 6) is 0.778. The molecule has 3 rings (SSSR count). The van der Waals surface area contributed by atoms with Gasteiger partial charge in [-0.1, -0.05) is 0 Å². The molecule has 18 heavy (non-hydrogen) atoms. The average molecular weight is 253 g/mol. The second-order valence-corrected chi connectivity index (χ2v) is 6.61. The van der Waals surface area contributed by atoms with E-state index in [1.54, 1.807) is 0 Å². The van der Waals surface area contributed by atoms with Gasteiger partial charge in [0.1, 0.15) is 0 Å². The van der Waals surface area contributed by atoms with Crippen LogP contribution in [0.3, 0.4) is 0 Å². The maximum atomic E-state index is 6.45. The SMILES string of the molecule is CC(N)(CN1CCC(N2CCOCC2)C1)C1CC1. The lowest BCUT2D eigenvalue weighted by Gasteiger charge is -2.33. The number of morpholine rings is 1. The lowest BCUT2D eigenvalue weighted by atomic mass is 9.97. The Labute approximate surface area is 110 Å². The van der Waals surface area contributed by atoms with Crippen molar-refractivity contribution in [3.05, 3.63) is 0 Å². The maximum absolute atomic E-state index is 6.45. The molecule has 1 aliphatic carbocycles. The van der Waals surface area contributed by atoms with Crippen molar-refractivity contribution in [1.29, 1.82) is 0 Å². The molecule has 3 aliphatic rings. The first-order valence-electron chi connectivity index (χ1n) is 7.48. The summed E-state index contributed by atoms with van der Waals surface area (Å²) in [4.78, 5) is 5.19. The standard InChI is InChI=1S/C14H27N3O/c1-14(15,12-2-3-12)11-16-5-4-13(10-16)17-6-8-18-9-7-17/h12-13H,2-11,15H2,1H3. The van der Waals surface area contributed by atoms with E-state index in [2.05, 4.69) is 16.7 Å². The molecule has 0 aromatic carbocycles. The van der Waals surface area contributed by atoms with Crippen LogP contribution in [-0.4, -0.2) is 67.3 Å². The van der Waals surface area contributed by atoms with Gasteiger partial charge < -0.3 is 10.5 Å². The number of hydrogen-bond donors (Lipinski definition) is 1. The summed E-state index contributed by atoms with van der Waals surface area (Å²) in [6.45, 7) is 9.80. The van der Waals surface area contributed by atoms with Gasteiger partial charge in [0.15, 0.2) is 0 Å². The highest BCUT2D eigenvalue weighted by molar-refractivity contribution is 4.99. The van der Waals surface area contributed by atoms with Crippen LogP contribution in [0.2, 0.25) is 0 Å². The van der Waals surface area contributed by atoms with Gasteiger partial charge in [-0.15, -0.1) is 0 Å². The molecule has 0 bridgehead atoms. The van der Waals surface area contributed by atoms with Crippen molar-refractivity contribution in [2.45, 2.75) is 37.8 Å². The van der Waals surface area contributed by atoms with Crippen molar-refractivity contribution < 1.29 is 4.74 Å². The van der Waals surface area contributed by atoms with Crippen molar-refractivity contribution in [2.24, 2.45) is 11.7 Å². The number of hydrogen-bond acceptors (Lipinski definition) is 4. The Morgan fingerprint density at radius 2 is 1.89 bits per heavy atom. The molecule has 4 heteroatoms. The summed E-state index contributed by atoms with van der Waals surface area (Å²) in [6, 6.07) is 0.740. The van der Waals surface area contributed by atoms with Crippen LogP contribution in [0.15, 0.2) is 0 Å². The van der Waals surface area contributed by atoms with Crippen molar-refractivity contribution in [2.75, 3.05) is 45.9 Å². The molecule has 2 heterocycles. The summed E-state index contributed by atoms with van der Waals surface area (Å²) < 4.78 is 5.43. The van der Waals surface area contributed by atoms with Crippen LogP contribution >= 0.6 is 0 Å². The Bertz CT molecular complexity index is 285. The zero-order chi connectivity index (χ0) is 12.6. The Kier molecular flexibility index (Phi) is 3.63. The number of nitrogens with two attached hydrogens (primary N) is 1. The molecule has 104 valence electrons. The average Bonchev–Trinajstić information content (AvgIpc) is 3.13. The molecular formula is C14H27N3O. The minimum Gasteiger partial charge on any atom is -0.379 e. The molecule has 0 radical (unpaired) electrons. The Hall–Kier alpha value is -0.160. The molecule has 2 saturated heterocycles. The predicted molar refractivity (Wildman–Crippen MR) is 72.6 cm³/mol. The van der Waals surface area contributed by atoms with E-state index in [9.17, 15) is 0 Å². The van der Waals surface area contributed by atoms with Crippen LogP contribution in [0, 0.1) is 5.92 Å². The third-order valence-electron chi connectivity index (χ3n) is 4.88. The fourth-order valence-electron chi connectivity index (χ4n) is 3.55. The van der Waals surface area contributed by atoms with Crippen LogP contribution in [0.4, 0.5) is 0 Å². The van der Waals surface area contributed by atoms with Gasteiger partial charge in [-0.2, -0.15) is 0 Å². The van der Waals surface area contributed by atoms with Gasteiger partial charge in [0, 0.05) is 37.8 Å². The second kappa shape index (κ2) is 5.08. The first-order valence-corrected chi connectivity index (χ1v) is 7.48. The van der Waals surface area contributed by atoms with E-state index in [-0.39, 0.29) is 5.54 Å². The molecular weight excluding hydrogens is 226 g/mol. The van der Waals surface area contributed by atoms with E-state index in [1.165, 1.54) is 32.4 Å². The zero-order valence-corrected chi connectivity index (χ0v) is 11.6. The highest BCUT2D eigenvalue weighted by atomic mass is 16.5. The Balaban J connectivity index is 1.48. The second-order valence-electron chi connectivity index (χ2n) is 6.61. The molecule has 2 N–H and O–H groups in total. The Morgan fingerprint density at radius 3 is 2.56 bits per heavy atom. The van der Waals surface area contributed by atoms with Crippen LogP contribution < -0.4 is 5.73 Å². The van der Waals surface area contributed by atoms with Crippen LogP contribution in [0.1, 0.15) is 26.2 Å². The van der Waals surface area contributed by atoms with Gasteiger partial charge in [-0.3, -0.25) is 9.80 Å². The van der Waals surface area contributed by atoms with Gasteiger partial charge in [0.25, 0.3) is 0 Å². The number of rotatable bonds is 4. The third kappa shape index (κ3) is 2.87. The molecule has 0 aromatic rings. The third-order valence-corrected chi connectivity index (χ3v) is 4.88. The number of nitrogens with zero attached hydrogens (tertiary/aromatic N) is 2. The van der Waals surface area contributed by atoms with E-state index >= 15 is 0 Å². The minimum atomic E-state index is 0.0416. The molecule has 3 fully saturated rings. The largest absolute Gasteiger partial charge is 0.379 e. The normalized spacial score (nSPS) is 34.7. The zero-order valence-electron chi connectivity index (χ0n) is 11.6. The van der Waals surface area contributed by atoms with Crippen LogP contribution in [0.5, 0.6) is 0 Å². The highest BCUT2D eigenvalue weighted by Gasteiger charge is 2.41. The van der Waals surface area contributed by atoms with Crippen LogP contribution in [-0.2, 0) is 4.74 Å². The first-order chi connectivity index (χ1) is 8.65. The molecule has 0 spiro atoms. The van der Waals surface area contributed by atoms with Crippen molar-refractivity contribution in [3.63, 3.8) is 0 Å². The van der Waals surface area contributed by atoms with E-state index in [0.29, 0.717) is 0 Å². The van der Waals surface area contributed by atoms with Crippen molar-refractivity contribution in [1.82, 2.24) is 9.80 Å². The molecule has 2 atom stereocenters. The van der Waals surface area contributed by atoms with Gasteiger partial charge in [0.05, 0.1) is 13.2 Å². The van der Waals surface area contributed by atoms with E-state index in [4.69, 9.17) is 10.5 Å².